The van der Waals surface area contributed by atoms with Gasteiger partial charge in [-0.2, -0.15) is 0 Å². The number of pyridine rings is 1. The number of aromatic amines is 2. The Morgan fingerprint density at radius 2 is 1.86 bits per heavy atom. The van der Waals surface area contributed by atoms with E-state index in [0.29, 0.717) is 16.7 Å². The van der Waals surface area contributed by atoms with Gasteiger partial charge >= 0.3 is 5.97 Å². The molecular formula is C22H21N3O3. The summed E-state index contributed by atoms with van der Waals surface area (Å²) >= 11 is 0. The standard InChI is InChI=1S/C22H21N3O3/c1-25(2)11-10-14-13-23-17-8-5-9-20(21(14)17)28-22(27)18-12-19(26)15-6-3-4-7-16(15)24-18/h3-9,12-13,23H,10-11H2,1-2H3,(H,24,26). The van der Waals surface area contributed by atoms with E-state index in [1.165, 1.54) is 6.07 Å². The van der Waals surface area contributed by atoms with Crippen LogP contribution in [-0.4, -0.2) is 41.5 Å². The topological polar surface area (TPSA) is 78.2 Å². The lowest BCUT2D eigenvalue weighted by atomic mass is 10.1. The third-order valence-corrected chi connectivity index (χ3v) is 4.74. The van der Waals surface area contributed by atoms with Crippen molar-refractivity contribution in [1.82, 2.24) is 14.9 Å². The molecule has 28 heavy (non-hydrogen) atoms. The number of carbonyl (C=O) groups is 1. The highest BCUT2D eigenvalue weighted by Gasteiger charge is 2.16. The number of para-hydroxylation sites is 1. The van der Waals surface area contributed by atoms with Gasteiger partial charge in [0.25, 0.3) is 0 Å². The van der Waals surface area contributed by atoms with Crippen LogP contribution < -0.4 is 10.2 Å². The maximum absolute atomic E-state index is 12.7. The number of hydrogen-bond acceptors (Lipinski definition) is 4. The first-order chi connectivity index (χ1) is 13.5. The van der Waals surface area contributed by atoms with Crippen LogP contribution in [-0.2, 0) is 6.42 Å². The van der Waals surface area contributed by atoms with Crippen LogP contribution in [0.5, 0.6) is 5.75 Å². The molecule has 0 bridgehead atoms. The summed E-state index contributed by atoms with van der Waals surface area (Å²) in [5.74, 6) is -0.110. The zero-order valence-electron chi connectivity index (χ0n) is 15.8. The van der Waals surface area contributed by atoms with Crippen LogP contribution in [0.15, 0.2) is 59.5 Å². The number of H-pyrrole nitrogens is 2. The van der Waals surface area contributed by atoms with Crippen molar-refractivity contribution in [3.05, 3.63) is 76.2 Å². The number of rotatable bonds is 5. The average Bonchev–Trinajstić information content (AvgIpc) is 3.10. The molecule has 0 radical (unpaired) electrons. The lowest BCUT2D eigenvalue weighted by Gasteiger charge is -2.10. The smallest absolute Gasteiger partial charge is 0.360 e. The molecule has 2 N–H and O–H groups in total. The zero-order chi connectivity index (χ0) is 19.7. The normalized spacial score (nSPS) is 11.4. The van der Waals surface area contributed by atoms with Gasteiger partial charge in [-0.1, -0.05) is 18.2 Å². The largest absolute Gasteiger partial charge is 0.421 e. The molecule has 0 atom stereocenters. The maximum Gasteiger partial charge on any atom is 0.360 e. The Kier molecular flexibility index (Phi) is 4.71. The highest BCUT2D eigenvalue weighted by Crippen LogP contribution is 2.29. The number of hydrogen-bond donors (Lipinski definition) is 2. The van der Waals surface area contributed by atoms with Gasteiger partial charge < -0.3 is 19.6 Å². The SMILES string of the molecule is CN(C)CCc1c[nH]c2cccc(OC(=O)c3cc(=O)c4ccccc4[nH]3)c12. The van der Waals surface area contributed by atoms with Crippen LogP contribution in [0.3, 0.4) is 0 Å². The average molecular weight is 375 g/mol. The van der Waals surface area contributed by atoms with E-state index in [4.69, 9.17) is 4.74 Å². The number of nitrogens with zero attached hydrogens (tertiary/aromatic N) is 1. The number of nitrogens with one attached hydrogen (secondary N) is 2. The molecular weight excluding hydrogens is 354 g/mol. The Balaban J connectivity index is 1.69. The van der Waals surface area contributed by atoms with Crippen LogP contribution in [0.1, 0.15) is 16.1 Å². The first-order valence-electron chi connectivity index (χ1n) is 9.11. The van der Waals surface area contributed by atoms with Crippen molar-refractivity contribution in [2.75, 3.05) is 20.6 Å². The molecule has 2 heterocycles. The number of esters is 1. The Hall–Kier alpha value is -3.38. The van der Waals surface area contributed by atoms with E-state index in [1.807, 2.05) is 38.5 Å². The van der Waals surface area contributed by atoms with Crippen LogP contribution in [0.2, 0.25) is 0 Å². The number of likely N-dealkylation sites (N-methyl/N-ethyl adjacent to an activating group) is 1. The summed E-state index contributed by atoms with van der Waals surface area (Å²) in [5, 5.41) is 1.43. The Morgan fingerprint density at radius 3 is 2.68 bits per heavy atom. The van der Waals surface area contributed by atoms with Crippen molar-refractivity contribution in [2.45, 2.75) is 6.42 Å². The molecule has 0 unspecified atom stereocenters. The monoisotopic (exact) mass is 375 g/mol. The van der Waals surface area contributed by atoms with E-state index in [2.05, 4.69) is 14.9 Å². The van der Waals surface area contributed by atoms with Gasteiger partial charge in [0.05, 0.1) is 0 Å². The minimum atomic E-state index is -0.588. The summed E-state index contributed by atoms with van der Waals surface area (Å²) in [5.41, 5.74) is 2.51. The molecule has 0 aliphatic heterocycles. The van der Waals surface area contributed by atoms with E-state index >= 15 is 0 Å². The highest BCUT2D eigenvalue weighted by molar-refractivity contribution is 5.96. The van der Waals surface area contributed by atoms with E-state index in [-0.39, 0.29) is 11.1 Å². The zero-order valence-corrected chi connectivity index (χ0v) is 15.8. The minimum absolute atomic E-state index is 0.131. The predicted octanol–water partition coefficient (Wildman–Crippen LogP) is 3.33. The quantitative estimate of drug-likeness (QED) is 0.414. The summed E-state index contributed by atoms with van der Waals surface area (Å²) in [4.78, 5) is 33.4. The third kappa shape index (κ3) is 3.42. The second-order valence-electron chi connectivity index (χ2n) is 7.03. The second kappa shape index (κ2) is 7.32. The molecule has 0 amide bonds. The lowest BCUT2D eigenvalue weighted by molar-refractivity contribution is 0.0731. The Morgan fingerprint density at radius 1 is 1.07 bits per heavy atom. The molecule has 0 saturated heterocycles. The number of benzene rings is 2. The molecule has 0 aliphatic rings. The molecule has 2 aromatic carbocycles. The maximum atomic E-state index is 12.7. The highest BCUT2D eigenvalue weighted by atomic mass is 16.5. The molecule has 4 rings (SSSR count). The van der Waals surface area contributed by atoms with Crippen molar-refractivity contribution < 1.29 is 9.53 Å². The van der Waals surface area contributed by atoms with Crippen LogP contribution in [0, 0.1) is 0 Å². The van der Waals surface area contributed by atoms with Gasteiger partial charge in [-0.25, -0.2) is 4.79 Å². The molecule has 4 aromatic rings. The van der Waals surface area contributed by atoms with Gasteiger partial charge in [0.1, 0.15) is 11.4 Å². The number of ether oxygens (including phenoxy) is 1. The molecule has 6 heteroatoms. The molecule has 0 saturated carbocycles. The van der Waals surface area contributed by atoms with Crippen molar-refractivity contribution in [2.24, 2.45) is 0 Å². The van der Waals surface area contributed by atoms with Crippen LogP contribution >= 0.6 is 0 Å². The molecule has 0 spiro atoms. The summed E-state index contributed by atoms with van der Waals surface area (Å²) in [7, 11) is 4.04. The third-order valence-electron chi connectivity index (χ3n) is 4.74. The van der Waals surface area contributed by atoms with Gasteiger partial charge in [-0.05, 0) is 50.3 Å². The predicted molar refractivity (Wildman–Crippen MR) is 110 cm³/mol. The minimum Gasteiger partial charge on any atom is -0.421 e. The van der Waals surface area contributed by atoms with E-state index in [1.54, 1.807) is 24.3 Å². The fourth-order valence-electron chi connectivity index (χ4n) is 3.31. The second-order valence-corrected chi connectivity index (χ2v) is 7.03. The molecule has 2 aromatic heterocycles. The Bertz CT molecular complexity index is 1220. The molecule has 0 fully saturated rings. The molecule has 142 valence electrons. The van der Waals surface area contributed by atoms with Gasteiger partial charge in [0.2, 0.25) is 0 Å². The van der Waals surface area contributed by atoms with Crippen molar-refractivity contribution in [1.29, 1.82) is 0 Å². The first kappa shape index (κ1) is 18.0. The van der Waals surface area contributed by atoms with Gasteiger partial charge in [-0.3, -0.25) is 4.79 Å². The lowest BCUT2D eigenvalue weighted by Crippen LogP contribution is -2.16. The van der Waals surface area contributed by atoms with Crippen molar-refractivity contribution in [3.63, 3.8) is 0 Å². The van der Waals surface area contributed by atoms with E-state index in [0.717, 1.165) is 29.4 Å². The Labute approximate surface area is 161 Å². The summed E-state index contributed by atoms with van der Waals surface area (Å²) in [6, 6.07) is 13.9. The van der Waals surface area contributed by atoms with Crippen LogP contribution in [0.25, 0.3) is 21.8 Å². The summed E-state index contributed by atoms with van der Waals surface area (Å²) in [6.07, 6.45) is 2.78. The fourth-order valence-corrected chi connectivity index (χ4v) is 3.31. The number of fused-ring (bicyclic) bond motifs is 2. The van der Waals surface area contributed by atoms with E-state index in [9.17, 15) is 9.59 Å². The number of aromatic nitrogens is 2. The fraction of sp³-hybridized carbons (Fsp3) is 0.182. The van der Waals surface area contributed by atoms with Crippen LogP contribution in [0.4, 0.5) is 0 Å². The summed E-state index contributed by atoms with van der Waals surface area (Å²) in [6.45, 7) is 0.882. The van der Waals surface area contributed by atoms with Crippen molar-refractivity contribution in [3.8, 4) is 5.75 Å². The number of carbonyl (C=O) groups excluding carboxylic acids is 1. The van der Waals surface area contributed by atoms with Gasteiger partial charge in [0, 0.05) is 40.6 Å². The van der Waals surface area contributed by atoms with Gasteiger partial charge in [-0.15, -0.1) is 0 Å². The van der Waals surface area contributed by atoms with Gasteiger partial charge in [0.15, 0.2) is 5.43 Å². The van der Waals surface area contributed by atoms with Crippen molar-refractivity contribution >= 4 is 27.8 Å². The summed E-state index contributed by atoms with van der Waals surface area (Å²) < 4.78 is 5.68. The molecule has 0 aliphatic carbocycles. The van der Waals surface area contributed by atoms with E-state index < -0.39 is 5.97 Å². The molecule has 6 nitrogen and oxygen atoms in total. The first-order valence-corrected chi connectivity index (χ1v) is 9.11.